The highest BCUT2D eigenvalue weighted by atomic mass is 79.9. The monoisotopic (exact) mass is 354 g/mol. The first kappa shape index (κ1) is 15.5. The Morgan fingerprint density at radius 3 is 2.95 bits per heavy atom. The molecule has 0 saturated heterocycles. The highest BCUT2D eigenvalue weighted by molar-refractivity contribution is 9.10. The maximum absolute atomic E-state index is 5.94. The van der Waals surface area contributed by atoms with Crippen LogP contribution in [0.15, 0.2) is 28.1 Å². The summed E-state index contributed by atoms with van der Waals surface area (Å²) in [6.45, 7) is 3.28. The van der Waals surface area contributed by atoms with Gasteiger partial charge in [0.25, 0.3) is 0 Å². The minimum Gasteiger partial charge on any atom is -0.486 e. The van der Waals surface area contributed by atoms with Crippen LogP contribution < -0.4 is 10.5 Å². The summed E-state index contributed by atoms with van der Waals surface area (Å²) in [5.41, 5.74) is 7.77. The van der Waals surface area contributed by atoms with Crippen LogP contribution in [-0.2, 0) is 19.4 Å². The normalized spacial score (nSPS) is 10.8. The Hall–Kier alpha value is -0.910. The van der Waals surface area contributed by atoms with Crippen molar-refractivity contribution in [3.05, 3.63) is 44.3 Å². The van der Waals surface area contributed by atoms with E-state index in [1.807, 2.05) is 12.1 Å². The number of hydrogen-bond donors (Lipinski definition) is 1. The van der Waals surface area contributed by atoms with Crippen molar-refractivity contribution in [2.24, 2.45) is 5.73 Å². The molecule has 0 fully saturated rings. The minimum atomic E-state index is 0.500. The van der Waals surface area contributed by atoms with E-state index in [-0.39, 0.29) is 0 Å². The Balaban J connectivity index is 2.05. The predicted molar refractivity (Wildman–Crippen MR) is 87.3 cm³/mol. The van der Waals surface area contributed by atoms with E-state index in [4.69, 9.17) is 10.5 Å². The molecule has 2 aromatic rings. The Morgan fingerprint density at radius 2 is 2.20 bits per heavy atom. The predicted octanol–water partition coefficient (Wildman–Crippen LogP) is 3.94. The summed E-state index contributed by atoms with van der Waals surface area (Å²) >= 11 is 5.24. The lowest BCUT2D eigenvalue weighted by molar-refractivity contribution is 0.297. The first-order chi connectivity index (χ1) is 9.74. The zero-order valence-electron chi connectivity index (χ0n) is 11.6. The molecule has 5 heteroatoms. The van der Waals surface area contributed by atoms with Crippen LogP contribution in [-0.4, -0.2) is 11.5 Å². The Labute approximate surface area is 132 Å². The minimum absolute atomic E-state index is 0.500. The van der Waals surface area contributed by atoms with Gasteiger partial charge in [-0.3, -0.25) is 0 Å². The SMILES string of the molecule is CCCc1nc(COc2c(Br)cccc2CCN)cs1. The number of nitrogens with two attached hydrogens (primary N) is 1. The van der Waals surface area contributed by atoms with Crippen molar-refractivity contribution in [1.82, 2.24) is 4.98 Å². The second-order valence-corrected chi connectivity index (χ2v) is 6.34. The highest BCUT2D eigenvalue weighted by Gasteiger charge is 2.09. The fraction of sp³-hybridized carbons (Fsp3) is 0.400. The lowest BCUT2D eigenvalue weighted by Crippen LogP contribution is -2.06. The summed E-state index contributed by atoms with van der Waals surface area (Å²) in [5.74, 6) is 0.878. The van der Waals surface area contributed by atoms with Crippen molar-refractivity contribution in [2.45, 2.75) is 32.8 Å². The fourth-order valence-electron chi connectivity index (χ4n) is 1.96. The summed E-state index contributed by atoms with van der Waals surface area (Å²) in [6.07, 6.45) is 2.98. The number of benzene rings is 1. The number of aromatic nitrogens is 1. The van der Waals surface area contributed by atoms with E-state index in [0.717, 1.165) is 40.7 Å². The number of rotatable bonds is 7. The highest BCUT2D eigenvalue weighted by Crippen LogP contribution is 2.30. The van der Waals surface area contributed by atoms with E-state index < -0.39 is 0 Å². The molecule has 2 N–H and O–H groups in total. The molecule has 0 radical (unpaired) electrons. The maximum atomic E-state index is 5.94. The van der Waals surface area contributed by atoms with E-state index in [1.165, 1.54) is 5.01 Å². The molecule has 1 aromatic carbocycles. The molecule has 2 rings (SSSR count). The summed E-state index contributed by atoms with van der Waals surface area (Å²) in [4.78, 5) is 4.57. The third kappa shape index (κ3) is 4.04. The molecule has 0 bridgehead atoms. The topological polar surface area (TPSA) is 48.1 Å². The van der Waals surface area contributed by atoms with Gasteiger partial charge in [0.15, 0.2) is 0 Å². The van der Waals surface area contributed by atoms with Gasteiger partial charge in [-0.2, -0.15) is 0 Å². The second kappa shape index (κ2) is 7.76. The number of nitrogens with zero attached hydrogens (tertiary/aromatic N) is 1. The number of aryl methyl sites for hydroxylation is 1. The summed E-state index contributed by atoms with van der Waals surface area (Å²) < 4.78 is 6.90. The van der Waals surface area contributed by atoms with E-state index in [1.54, 1.807) is 11.3 Å². The number of thiazole rings is 1. The van der Waals surface area contributed by atoms with Crippen LogP contribution in [0.5, 0.6) is 5.75 Å². The van der Waals surface area contributed by atoms with E-state index >= 15 is 0 Å². The van der Waals surface area contributed by atoms with Crippen LogP contribution in [0.25, 0.3) is 0 Å². The average molecular weight is 355 g/mol. The zero-order chi connectivity index (χ0) is 14.4. The molecule has 0 amide bonds. The van der Waals surface area contributed by atoms with Crippen LogP contribution in [0.4, 0.5) is 0 Å². The molecule has 1 heterocycles. The zero-order valence-corrected chi connectivity index (χ0v) is 14.0. The molecule has 0 aliphatic carbocycles. The largest absolute Gasteiger partial charge is 0.486 e. The van der Waals surface area contributed by atoms with Crippen LogP contribution in [0.2, 0.25) is 0 Å². The lowest BCUT2D eigenvalue weighted by atomic mass is 10.1. The maximum Gasteiger partial charge on any atom is 0.137 e. The molecule has 0 spiro atoms. The van der Waals surface area contributed by atoms with Gasteiger partial charge in [-0.25, -0.2) is 4.98 Å². The molecule has 108 valence electrons. The van der Waals surface area contributed by atoms with Gasteiger partial charge >= 0.3 is 0 Å². The van der Waals surface area contributed by atoms with E-state index in [2.05, 4.69) is 39.3 Å². The number of ether oxygens (including phenoxy) is 1. The molecule has 0 atom stereocenters. The van der Waals surface area contributed by atoms with Crippen LogP contribution >= 0.6 is 27.3 Å². The van der Waals surface area contributed by atoms with Gasteiger partial charge in [0.05, 0.1) is 15.2 Å². The van der Waals surface area contributed by atoms with E-state index in [9.17, 15) is 0 Å². The molecule has 0 saturated carbocycles. The first-order valence-electron chi connectivity index (χ1n) is 6.78. The van der Waals surface area contributed by atoms with Gasteiger partial charge in [0.2, 0.25) is 0 Å². The van der Waals surface area contributed by atoms with Gasteiger partial charge in [0, 0.05) is 5.38 Å². The molecular weight excluding hydrogens is 336 g/mol. The first-order valence-corrected chi connectivity index (χ1v) is 8.45. The van der Waals surface area contributed by atoms with Crippen molar-refractivity contribution in [1.29, 1.82) is 0 Å². The van der Waals surface area contributed by atoms with Crippen LogP contribution in [0.1, 0.15) is 29.6 Å². The molecule has 0 aliphatic heterocycles. The van der Waals surface area contributed by atoms with Gasteiger partial charge < -0.3 is 10.5 Å². The van der Waals surface area contributed by atoms with Crippen molar-refractivity contribution in [3.8, 4) is 5.75 Å². The van der Waals surface area contributed by atoms with Gasteiger partial charge in [0.1, 0.15) is 12.4 Å². The van der Waals surface area contributed by atoms with Gasteiger partial charge in [-0.1, -0.05) is 19.1 Å². The fourth-order valence-corrected chi connectivity index (χ4v) is 3.36. The molecule has 0 aliphatic rings. The summed E-state index contributed by atoms with van der Waals surface area (Å²) in [5, 5.41) is 3.25. The third-order valence-electron chi connectivity index (χ3n) is 2.89. The van der Waals surface area contributed by atoms with Crippen molar-refractivity contribution in [3.63, 3.8) is 0 Å². The number of halogens is 1. The standard InChI is InChI=1S/C15H19BrN2OS/c1-2-4-14-18-12(10-20-14)9-19-15-11(7-8-17)5-3-6-13(15)16/h3,5-6,10H,2,4,7-9,17H2,1H3. The molecule has 0 unspecified atom stereocenters. The second-order valence-electron chi connectivity index (χ2n) is 4.54. The van der Waals surface area contributed by atoms with Crippen molar-refractivity contribution >= 4 is 27.3 Å². The molecule has 1 aromatic heterocycles. The lowest BCUT2D eigenvalue weighted by Gasteiger charge is -2.12. The quantitative estimate of drug-likeness (QED) is 0.818. The molecular formula is C15H19BrN2OS. The van der Waals surface area contributed by atoms with E-state index in [0.29, 0.717) is 13.2 Å². The molecule has 3 nitrogen and oxygen atoms in total. The summed E-state index contributed by atoms with van der Waals surface area (Å²) in [6, 6.07) is 6.04. The third-order valence-corrected chi connectivity index (χ3v) is 4.47. The van der Waals surface area contributed by atoms with Crippen LogP contribution in [0, 0.1) is 0 Å². The number of para-hydroxylation sites is 1. The van der Waals surface area contributed by atoms with Gasteiger partial charge in [-0.05, 0) is 53.4 Å². The smallest absolute Gasteiger partial charge is 0.137 e. The summed E-state index contributed by atoms with van der Waals surface area (Å²) in [7, 11) is 0. The van der Waals surface area contributed by atoms with Crippen LogP contribution in [0.3, 0.4) is 0 Å². The Bertz CT molecular complexity index is 557. The van der Waals surface area contributed by atoms with Crippen molar-refractivity contribution in [2.75, 3.05) is 6.54 Å². The average Bonchev–Trinajstić information content (AvgIpc) is 2.87. The Morgan fingerprint density at radius 1 is 1.35 bits per heavy atom. The Kier molecular flexibility index (Phi) is 6.01. The number of hydrogen-bond acceptors (Lipinski definition) is 4. The van der Waals surface area contributed by atoms with Crippen molar-refractivity contribution < 1.29 is 4.74 Å². The van der Waals surface area contributed by atoms with Gasteiger partial charge in [-0.15, -0.1) is 11.3 Å². The molecule has 20 heavy (non-hydrogen) atoms.